The molecule has 3 aliphatic heterocycles. The monoisotopic (exact) mass is 445 g/mol. The molecule has 2 amide bonds. The van der Waals surface area contributed by atoms with Crippen LogP contribution in [0.4, 0.5) is 5.69 Å². The van der Waals surface area contributed by atoms with Crippen LogP contribution >= 0.6 is 27.5 Å². The second-order valence-electron chi connectivity index (χ2n) is 7.14. The number of anilines is 1. The first-order valence-corrected chi connectivity index (χ1v) is 10.2. The van der Waals surface area contributed by atoms with Crippen LogP contribution in [-0.4, -0.2) is 41.0 Å². The van der Waals surface area contributed by atoms with E-state index in [2.05, 4.69) is 25.9 Å². The second kappa shape index (κ2) is 6.41. The van der Waals surface area contributed by atoms with Gasteiger partial charge in [-0.15, -0.1) is 0 Å². The number of hydrogen-bond acceptors (Lipinski definition) is 4. The van der Waals surface area contributed by atoms with Gasteiger partial charge in [0.2, 0.25) is 5.91 Å². The molecule has 0 unspecified atom stereocenters. The van der Waals surface area contributed by atoms with Crippen LogP contribution in [0.3, 0.4) is 0 Å². The van der Waals surface area contributed by atoms with E-state index in [0.29, 0.717) is 10.7 Å². The molecular weight excluding hydrogens is 430 g/mol. The Labute approximate surface area is 170 Å². The van der Waals surface area contributed by atoms with Gasteiger partial charge in [-0.05, 0) is 48.4 Å². The van der Waals surface area contributed by atoms with Crippen LogP contribution < -0.4 is 4.90 Å². The fourth-order valence-electron chi connectivity index (χ4n) is 4.62. The largest absolute Gasteiger partial charge is 0.274 e. The molecule has 0 saturated carbocycles. The lowest BCUT2D eigenvalue weighted by Crippen LogP contribution is -2.44. The molecule has 0 aliphatic carbocycles. The van der Waals surface area contributed by atoms with Gasteiger partial charge in [0, 0.05) is 22.6 Å². The number of carbonyl (C=O) groups is 2. The second-order valence-corrected chi connectivity index (χ2v) is 8.49. The zero-order valence-electron chi connectivity index (χ0n) is 14.4. The van der Waals surface area contributed by atoms with E-state index in [0.717, 1.165) is 29.5 Å². The molecule has 27 heavy (non-hydrogen) atoms. The van der Waals surface area contributed by atoms with E-state index in [1.807, 2.05) is 24.3 Å². The van der Waals surface area contributed by atoms with Crippen LogP contribution in [0, 0.1) is 5.92 Å². The van der Waals surface area contributed by atoms with Crippen molar-refractivity contribution >= 4 is 45.0 Å². The van der Waals surface area contributed by atoms with Crippen molar-refractivity contribution in [2.75, 3.05) is 18.0 Å². The number of rotatable bonds is 2. The molecule has 0 radical (unpaired) electrons. The van der Waals surface area contributed by atoms with Crippen molar-refractivity contribution in [1.82, 2.24) is 10.0 Å². The van der Waals surface area contributed by atoms with Gasteiger partial charge in [0.05, 0.1) is 17.6 Å². The van der Waals surface area contributed by atoms with Gasteiger partial charge in [0.15, 0.2) is 0 Å². The van der Waals surface area contributed by atoms with Crippen LogP contribution in [0.25, 0.3) is 0 Å². The summed E-state index contributed by atoms with van der Waals surface area (Å²) in [5.74, 6) is -0.664. The molecule has 3 saturated heterocycles. The molecule has 0 N–H and O–H groups in total. The van der Waals surface area contributed by atoms with Crippen molar-refractivity contribution in [2.45, 2.75) is 18.5 Å². The number of nitrogens with zero attached hydrogens (tertiary/aromatic N) is 3. The van der Waals surface area contributed by atoms with Gasteiger partial charge in [-0.2, -0.15) is 0 Å². The van der Waals surface area contributed by atoms with Gasteiger partial charge in [-0.25, -0.2) is 14.9 Å². The maximum atomic E-state index is 13.4. The molecule has 138 valence electrons. The summed E-state index contributed by atoms with van der Waals surface area (Å²) in [6.45, 7) is 1.68. The highest BCUT2D eigenvalue weighted by atomic mass is 79.9. The van der Waals surface area contributed by atoms with Gasteiger partial charge in [-0.1, -0.05) is 39.7 Å². The third-order valence-electron chi connectivity index (χ3n) is 5.70. The molecule has 0 bridgehead atoms. The topological polar surface area (TPSA) is 43.9 Å². The Hall–Kier alpha value is -1.73. The Bertz CT molecular complexity index is 918. The summed E-state index contributed by atoms with van der Waals surface area (Å²) in [6, 6.07) is 14.4. The number of fused-ring (bicyclic) bond motifs is 3. The van der Waals surface area contributed by atoms with E-state index in [9.17, 15) is 9.59 Å². The molecule has 0 spiro atoms. The summed E-state index contributed by atoms with van der Waals surface area (Å²) < 4.78 is 0.996. The van der Waals surface area contributed by atoms with Crippen molar-refractivity contribution in [3.05, 3.63) is 63.6 Å². The average molecular weight is 447 g/mol. The average Bonchev–Trinajstić information content (AvgIpc) is 3.30. The number of halogens is 2. The molecule has 5 rings (SSSR count). The summed E-state index contributed by atoms with van der Waals surface area (Å²) in [7, 11) is 0. The number of hydrogen-bond donors (Lipinski definition) is 0. The molecule has 3 aliphatic rings. The number of benzene rings is 2. The number of amides is 2. The van der Waals surface area contributed by atoms with Crippen molar-refractivity contribution < 1.29 is 9.59 Å². The fourth-order valence-corrected chi connectivity index (χ4v) is 5.01. The molecule has 3 atom stereocenters. The lowest BCUT2D eigenvalue weighted by molar-refractivity contribution is -0.126. The summed E-state index contributed by atoms with van der Waals surface area (Å²) in [6.07, 6.45) is 0.999. The summed E-state index contributed by atoms with van der Waals surface area (Å²) in [5.41, 5.74) is 1.65. The van der Waals surface area contributed by atoms with Crippen molar-refractivity contribution in [1.29, 1.82) is 0 Å². The third kappa shape index (κ3) is 2.58. The van der Waals surface area contributed by atoms with Crippen LogP contribution in [0.2, 0.25) is 5.02 Å². The van der Waals surface area contributed by atoms with Crippen molar-refractivity contribution in [3.63, 3.8) is 0 Å². The van der Waals surface area contributed by atoms with E-state index < -0.39 is 12.0 Å². The van der Waals surface area contributed by atoms with Crippen LogP contribution in [0.5, 0.6) is 0 Å². The zero-order chi connectivity index (χ0) is 18.7. The van der Waals surface area contributed by atoms with Crippen LogP contribution in [-0.2, 0) is 9.59 Å². The van der Waals surface area contributed by atoms with Gasteiger partial charge < -0.3 is 0 Å². The molecule has 2 aromatic carbocycles. The molecular formula is C20H17BrClN3O2. The highest BCUT2D eigenvalue weighted by molar-refractivity contribution is 9.10. The van der Waals surface area contributed by atoms with Gasteiger partial charge in [-0.3, -0.25) is 9.59 Å². The quantitative estimate of drug-likeness (QED) is 0.661. The highest BCUT2D eigenvalue weighted by Crippen LogP contribution is 2.49. The van der Waals surface area contributed by atoms with E-state index in [-0.39, 0.29) is 17.9 Å². The minimum absolute atomic E-state index is 0.112. The van der Waals surface area contributed by atoms with Crippen LogP contribution in [0.1, 0.15) is 18.0 Å². The highest BCUT2D eigenvalue weighted by Gasteiger charge is 2.62. The summed E-state index contributed by atoms with van der Waals surface area (Å²) in [5, 5.41) is 4.90. The maximum absolute atomic E-state index is 13.4. The Morgan fingerprint density at radius 2 is 1.48 bits per heavy atom. The molecule has 5 nitrogen and oxygen atoms in total. The number of imide groups is 1. The van der Waals surface area contributed by atoms with Crippen molar-refractivity contribution in [2.24, 2.45) is 5.92 Å². The fraction of sp³-hybridized carbons (Fsp3) is 0.300. The molecule has 7 heteroatoms. The lowest BCUT2D eigenvalue weighted by Gasteiger charge is -2.29. The molecule has 3 heterocycles. The normalized spacial score (nSPS) is 28.1. The van der Waals surface area contributed by atoms with Crippen molar-refractivity contribution in [3.8, 4) is 0 Å². The predicted octanol–water partition coefficient (Wildman–Crippen LogP) is 3.64. The number of hydrazine groups is 1. The Balaban J connectivity index is 1.57. The third-order valence-corrected chi connectivity index (χ3v) is 6.48. The van der Waals surface area contributed by atoms with Gasteiger partial charge in [0.25, 0.3) is 5.91 Å². The Kier molecular flexibility index (Phi) is 4.13. The molecule has 3 fully saturated rings. The van der Waals surface area contributed by atoms with Gasteiger partial charge >= 0.3 is 0 Å². The standard InChI is InChI=1S/C20H17BrClN3O2/c21-13-4-2-12(3-5-13)17-16-18(24-11-1-10-23(17)24)20(27)25(19(16)26)15-8-6-14(22)7-9-15/h2-9,16-18H,1,10-11H2/t16-,17+,18+/m0/s1. The molecule has 2 aromatic rings. The van der Waals surface area contributed by atoms with E-state index in [4.69, 9.17) is 11.6 Å². The summed E-state index contributed by atoms with van der Waals surface area (Å²) >= 11 is 9.44. The molecule has 0 aromatic heterocycles. The smallest absolute Gasteiger partial charge is 0.253 e. The van der Waals surface area contributed by atoms with E-state index in [1.165, 1.54) is 4.90 Å². The lowest BCUT2D eigenvalue weighted by atomic mass is 9.90. The Morgan fingerprint density at radius 1 is 0.852 bits per heavy atom. The minimum atomic E-state index is -0.427. The SMILES string of the molecule is O=C1[C@H]2[C@@H](c3ccc(Br)cc3)N3CCCN3[C@H]2C(=O)N1c1ccc(Cl)cc1. The van der Waals surface area contributed by atoms with E-state index >= 15 is 0 Å². The first-order chi connectivity index (χ1) is 13.1. The predicted molar refractivity (Wildman–Crippen MR) is 106 cm³/mol. The van der Waals surface area contributed by atoms with Crippen LogP contribution in [0.15, 0.2) is 53.0 Å². The maximum Gasteiger partial charge on any atom is 0.253 e. The van der Waals surface area contributed by atoms with Gasteiger partial charge in [0.1, 0.15) is 6.04 Å². The first-order valence-electron chi connectivity index (χ1n) is 8.98. The number of carbonyl (C=O) groups excluding carboxylic acids is 2. The first kappa shape index (κ1) is 17.4. The zero-order valence-corrected chi connectivity index (χ0v) is 16.7. The Morgan fingerprint density at radius 3 is 2.15 bits per heavy atom. The minimum Gasteiger partial charge on any atom is -0.274 e. The van der Waals surface area contributed by atoms with E-state index in [1.54, 1.807) is 24.3 Å². The summed E-state index contributed by atoms with van der Waals surface area (Å²) in [4.78, 5) is 28.0.